The number of carbonyl (C=O) groups is 2. The first-order valence-electron chi connectivity index (χ1n) is 11.3. The van der Waals surface area contributed by atoms with Crippen LogP contribution in [0.4, 0.5) is 4.79 Å². The molecule has 3 rings (SSSR count). The summed E-state index contributed by atoms with van der Waals surface area (Å²) in [5.41, 5.74) is 3.16. The molecule has 0 aliphatic carbocycles. The van der Waals surface area contributed by atoms with Gasteiger partial charge < -0.3 is 15.4 Å². The Kier molecular flexibility index (Phi) is 9.37. The number of nitrogens with one attached hydrogen (secondary N) is 2. The second-order valence-corrected chi connectivity index (χ2v) is 8.28. The first-order valence-corrected chi connectivity index (χ1v) is 11.6. The molecule has 0 bridgehead atoms. The van der Waals surface area contributed by atoms with E-state index in [1.54, 1.807) is 44.4 Å². The predicted molar refractivity (Wildman–Crippen MR) is 132 cm³/mol. The quantitative estimate of drug-likeness (QED) is 0.445. The first kappa shape index (κ1) is 25.9. The molecule has 10 heteroatoms. The van der Waals surface area contributed by atoms with Gasteiger partial charge in [-0.25, -0.2) is 9.48 Å². The van der Waals surface area contributed by atoms with Crippen molar-refractivity contribution in [3.8, 4) is 0 Å². The topological polar surface area (TPSA) is 115 Å². The van der Waals surface area contributed by atoms with Crippen molar-refractivity contribution in [2.45, 2.75) is 46.3 Å². The van der Waals surface area contributed by atoms with Crippen LogP contribution >= 0.6 is 11.6 Å². The summed E-state index contributed by atoms with van der Waals surface area (Å²) in [6.07, 6.45) is 3.26. The van der Waals surface area contributed by atoms with Gasteiger partial charge >= 0.3 is 6.09 Å². The van der Waals surface area contributed by atoms with Gasteiger partial charge in [-0.2, -0.15) is 5.10 Å². The van der Waals surface area contributed by atoms with Crippen LogP contribution < -0.4 is 16.2 Å². The molecule has 2 amide bonds. The minimum absolute atomic E-state index is 0.0756. The fraction of sp³-hybridized carbons (Fsp3) is 0.320. The molecule has 9 nitrogen and oxygen atoms in total. The van der Waals surface area contributed by atoms with Crippen molar-refractivity contribution in [2.75, 3.05) is 6.61 Å². The Morgan fingerprint density at radius 2 is 1.91 bits per heavy atom. The lowest BCUT2D eigenvalue weighted by Gasteiger charge is -2.13. The van der Waals surface area contributed by atoms with Crippen LogP contribution in [-0.2, 0) is 42.0 Å². The number of aromatic nitrogens is 3. The van der Waals surface area contributed by atoms with E-state index in [0.29, 0.717) is 29.1 Å². The summed E-state index contributed by atoms with van der Waals surface area (Å²) in [6.45, 7) is 4.54. The molecule has 0 radical (unpaired) electrons. The van der Waals surface area contributed by atoms with Crippen LogP contribution in [0.1, 0.15) is 34.9 Å². The lowest BCUT2D eigenvalue weighted by atomic mass is 10.1. The Bertz CT molecular complexity index is 1230. The van der Waals surface area contributed by atoms with Gasteiger partial charge in [0.2, 0.25) is 5.91 Å². The molecule has 2 aromatic heterocycles. The largest absolute Gasteiger partial charge is 0.450 e. The molecule has 3 aromatic rings. The maximum Gasteiger partial charge on any atom is 0.407 e. The lowest BCUT2D eigenvalue weighted by Crippen LogP contribution is -2.33. The van der Waals surface area contributed by atoms with Gasteiger partial charge in [0, 0.05) is 42.0 Å². The third kappa shape index (κ3) is 7.65. The summed E-state index contributed by atoms with van der Waals surface area (Å²) in [7, 11) is 0. The molecule has 0 fully saturated rings. The van der Waals surface area contributed by atoms with Gasteiger partial charge in [0.25, 0.3) is 5.56 Å². The highest BCUT2D eigenvalue weighted by Gasteiger charge is 2.14. The van der Waals surface area contributed by atoms with Crippen LogP contribution in [0.5, 0.6) is 0 Å². The Morgan fingerprint density at radius 3 is 2.66 bits per heavy atom. The van der Waals surface area contributed by atoms with E-state index in [9.17, 15) is 14.4 Å². The number of carbonyl (C=O) groups excluding carboxylic acids is 2. The molecule has 0 aliphatic rings. The van der Waals surface area contributed by atoms with E-state index >= 15 is 0 Å². The zero-order valence-electron chi connectivity index (χ0n) is 19.7. The van der Waals surface area contributed by atoms with Crippen molar-refractivity contribution in [1.82, 2.24) is 25.4 Å². The second-order valence-electron chi connectivity index (χ2n) is 7.85. The fourth-order valence-corrected chi connectivity index (χ4v) is 3.64. The maximum atomic E-state index is 13.0. The molecule has 2 N–H and O–H groups in total. The molecule has 35 heavy (non-hydrogen) atoms. The van der Waals surface area contributed by atoms with Crippen molar-refractivity contribution in [3.63, 3.8) is 0 Å². The Hall–Kier alpha value is -3.72. The predicted octanol–water partition coefficient (Wildman–Crippen LogP) is 2.95. The smallest absolute Gasteiger partial charge is 0.407 e. The zero-order valence-corrected chi connectivity index (χ0v) is 20.5. The van der Waals surface area contributed by atoms with Crippen LogP contribution in [-0.4, -0.2) is 33.4 Å². The van der Waals surface area contributed by atoms with Crippen LogP contribution in [0.3, 0.4) is 0 Å². The average Bonchev–Trinajstić information content (AvgIpc) is 2.85. The monoisotopic (exact) mass is 497 g/mol. The molecule has 0 atom stereocenters. The Labute approximate surface area is 208 Å². The number of rotatable bonds is 10. The average molecular weight is 498 g/mol. The van der Waals surface area contributed by atoms with Crippen molar-refractivity contribution in [1.29, 1.82) is 0 Å². The van der Waals surface area contributed by atoms with Crippen LogP contribution in [0, 0.1) is 6.92 Å². The molecule has 0 aliphatic heterocycles. The molecule has 2 heterocycles. The minimum Gasteiger partial charge on any atom is -0.450 e. The number of amides is 2. The summed E-state index contributed by atoms with van der Waals surface area (Å²) in [5, 5.41) is 10.2. The highest BCUT2D eigenvalue weighted by molar-refractivity contribution is 6.30. The number of ether oxygens (including phenoxy) is 1. The molecular weight excluding hydrogens is 470 g/mol. The molecular formula is C25H28ClN5O4. The van der Waals surface area contributed by atoms with Gasteiger partial charge in [0.1, 0.15) is 0 Å². The van der Waals surface area contributed by atoms with Crippen LogP contribution in [0.25, 0.3) is 0 Å². The van der Waals surface area contributed by atoms with E-state index in [2.05, 4.69) is 20.7 Å². The summed E-state index contributed by atoms with van der Waals surface area (Å²) in [5.74, 6) is -0.308. The van der Waals surface area contributed by atoms with E-state index < -0.39 is 6.09 Å². The van der Waals surface area contributed by atoms with Gasteiger partial charge in [-0.15, -0.1) is 0 Å². The summed E-state index contributed by atoms with van der Waals surface area (Å²) < 4.78 is 6.24. The highest BCUT2D eigenvalue weighted by atomic mass is 35.5. The number of nitrogens with zero attached hydrogens (tertiary/aromatic N) is 3. The summed E-state index contributed by atoms with van der Waals surface area (Å²) in [4.78, 5) is 41.5. The maximum absolute atomic E-state index is 13.0. The molecule has 0 saturated carbocycles. The van der Waals surface area contributed by atoms with Crippen molar-refractivity contribution in [2.24, 2.45) is 0 Å². The molecule has 184 valence electrons. The van der Waals surface area contributed by atoms with Crippen LogP contribution in [0.15, 0.2) is 53.6 Å². The minimum atomic E-state index is -0.523. The number of pyridine rings is 1. The van der Waals surface area contributed by atoms with E-state index in [0.717, 1.165) is 16.8 Å². The van der Waals surface area contributed by atoms with E-state index in [1.165, 1.54) is 4.68 Å². The lowest BCUT2D eigenvalue weighted by molar-refractivity contribution is -0.120. The number of halogens is 1. The third-order valence-corrected chi connectivity index (χ3v) is 5.58. The number of alkyl carbamates (subject to hydrolysis) is 1. The van der Waals surface area contributed by atoms with E-state index in [4.69, 9.17) is 16.3 Å². The van der Waals surface area contributed by atoms with Gasteiger partial charge in [-0.3, -0.25) is 14.6 Å². The Balaban J connectivity index is 1.64. The molecule has 0 spiro atoms. The van der Waals surface area contributed by atoms with Crippen molar-refractivity contribution in [3.05, 3.63) is 92.1 Å². The Morgan fingerprint density at radius 1 is 1.11 bits per heavy atom. The SMILES string of the molecule is CCOC(=O)NCc1ccc(Cl)cc1CNC(=O)Cc1c(C)cnn(CCc2ccccn2)c1=O. The third-order valence-electron chi connectivity index (χ3n) is 5.35. The van der Waals surface area contributed by atoms with Crippen LogP contribution in [0.2, 0.25) is 5.02 Å². The first-order chi connectivity index (χ1) is 16.9. The standard InChI is InChI=1S/C25H28ClN5O4/c1-3-35-25(34)29-15-18-7-8-20(26)12-19(18)16-28-23(32)13-22-17(2)14-30-31(24(22)33)11-9-21-6-4-5-10-27-21/h4-8,10,12,14H,3,9,11,13,15-16H2,1-2H3,(H,28,32)(H,29,34). The summed E-state index contributed by atoms with van der Waals surface area (Å²) in [6, 6.07) is 10.8. The van der Waals surface area contributed by atoms with E-state index in [-0.39, 0.29) is 37.6 Å². The zero-order chi connectivity index (χ0) is 25.2. The van der Waals surface area contributed by atoms with Gasteiger partial charge in [-0.05, 0) is 54.8 Å². The van der Waals surface area contributed by atoms with Crippen molar-refractivity contribution < 1.29 is 14.3 Å². The highest BCUT2D eigenvalue weighted by Crippen LogP contribution is 2.16. The molecule has 1 aromatic carbocycles. The van der Waals surface area contributed by atoms with Gasteiger partial charge in [0.15, 0.2) is 0 Å². The number of aryl methyl sites for hydroxylation is 3. The molecule has 0 saturated heterocycles. The summed E-state index contributed by atoms with van der Waals surface area (Å²) >= 11 is 6.13. The van der Waals surface area contributed by atoms with Gasteiger partial charge in [0.05, 0.1) is 25.8 Å². The van der Waals surface area contributed by atoms with Crippen molar-refractivity contribution >= 4 is 23.6 Å². The number of hydrogen-bond donors (Lipinski definition) is 2. The molecule has 0 unspecified atom stereocenters. The fourth-order valence-electron chi connectivity index (χ4n) is 3.45. The second kappa shape index (κ2) is 12.7. The normalized spacial score (nSPS) is 10.6. The number of benzene rings is 1. The number of hydrogen-bond acceptors (Lipinski definition) is 6. The van der Waals surface area contributed by atoms with Gasteiger partial charge in [-0.1, -0.05) is 23.7 Å². The van der Waals surface area contributed by atoms with E-state index in [1.807, 2.05) is 18.2 Å².